The molecule has 16 heavy (non-hydrogen) atoms. The molecule has 0 bridgehead atoms. The summed E-state index contributed by atoms with van der Waals surface area (Å²) in [7, 11) is 0. The number of nitrogens with zero attached hydrogens (tertiary/aromatic N) is 2. The van der Waals surface area contributed by atoms with Crippen LogP contribution in [0.3, 0.4) is 0 Å². The van der Waals surface area contributed by atoms with Crippen LogP contribution in [0, 0.1) is 0 Å². The van der Waals surface area contributed by atoms with Gasteiger partial charge in [-0.3, -0.25) is 0 Å². The number of hydrogen-bond donors (Lipinski definition) is 2. The van der Waals surface area contributed by atoms with Crippen molar-refractivity contribution in [1.29, 1.82) is 0 Å². The highest BCUT2D eigenvalue weighted by molar-refractivity contribution is 5.78. The third-order valence-corrected chi connectivity index (χ3v) is 3.25. The first-order chi connectivity index (χ1) is 7.84. The molecule has 1 aromatic heterocycles. The van der Waals surface area contributed by atoms with E-state index in [0.29, 0.717) is 12.0 Å². The quantitative estimate of drug-likeness (QED) is 0.797. The summed E-state index contributed by atoms with van der Waals surface area (Å²) >= 11 is 0. The van der Waals surface area contributed by atoms with Crippen molar-refractivity contribution in [3.63, 3.8) is 0 Å². The van der Waals surface area contributed by atoms with Gasteiger partial charge < -0.3 is 15.6 Å². The predicted octanol–water partition coefficient (Wildman–Crippen LogP) is 1.37. The first-order valence-electron chi connectivity index (χ1n) is 5.79. The molecule has 1 aliphatic heterocycles. The zero-order valence-electron chi connectivity index (χ0n) is 9.19. The zero-order chi connectivity index (χ0) is 11.0. The van der Waals surface area contributed by atoms with E-state index in [1.54, 1.807) is 0 Å². The van der Waals surface area contributed by atoms with Crippen LogP contribution in [0.5, 0.6) is 0 Å². The highest BCUT2D eigenvalue weighted by Gasteiger charge is 2.17. The highest BCUT2D eigenvalue weighted by Crippen LogP contribution is 2.19. The Labute approximate surface area is 94.5 Å². The summed E-state index contributed by atoms with van der Waals surface area (Å²) in [5.41, 5.74) is 8.07. The average molecular weight is 216 g/mol. The maximum absolute atomic E-state index is 5.96. The Balaban J connectivity index is 1.98. The highest BCUT2D eigenvalue weighted by atomic mass is 15.2. The molecular weight excluding hydrogens is 200 g/mol. The molecular formula is C12H16N4. The largest absolute Gasteiger partial charge is 0.369 e. The second kappa shape index (κ2) is 3.79. The van der Waals surface area contributed by atoms with E-state index in [1.807, 2.05) is 18.2 Å². The van der Waals surface area contributed by atoms with Crippen LogP contribution in [0.15, 0.2) is 24.3 Å². The Hall–Kier alpha value is -1.55. The van der Waals surface area contributed by atoms with Gasteiger partial charge in [-0.1, -0.05) is 12.1 Å². The molecule has 0 aliphatic carbocycles. The van der Waals surface area contributed by atoms with Gasteiger partial charge in [0.2, 0.25) is 5.95 Å². The molecule has 1 aliphatic rings. The minimum absolute atomic E-state index is 0.542. The molecule has 0 radical (unpaired) electrons. The maximum Gasteiger partial charge on any atom is 0.201 e. The number of hydrogen-bond acceptors (Lipinski definition) is 3. The van der Waals surface area contributed by atoms with Gasteiger partial charge in [-0.25, -0.2) is 4.98 Å². The van der Waals surface area contributed by atoms with E-state index in [1.165, 1.54) is 12.8 Å². The van der Waals surface area contributed by atoms with E-state index in [2.05, 4.69) is 20.9 Å². The first-order valence-corrected chi connectivity index (χ1v) is 5.79. The van der Waals surface area contributed by atoms with E-state index in [4.69, 9.17) is 5.73 Å². The van der Waals surface area contributed by atoms with Crippen molar-refractivity contribution in [3.8, 4) is 0 Å². The molecule has 84 valence electrons. The van der Waals surface area contributed by atoms with Crippen LogP contribution in [0.25, 0.3) is 11.0 Å². The van der Waals surface area contributed by atoms with Crippen LogP contribution >= 0.6 is 0 Å². The second-order valence-corrected chi connectivity index (χ2v) is 4.36. The molecule has 1 fully saturated rings. The summed E-state index contributed by atoms with van der Waals surface area (Å²) in [5, 5.41) is 3.48. The lowest BCUT2D eigenvalue weighted by Crippen LogP contribution is -2.27. The van der Waals surface area contributed by atoms with Gasteiger partial charge in [-0.05, 0) is 31.5 Å². The van der Waals surface area contributed by atoms with Gasteiger partial charge in [-0.2, -0.15) is 0 Å². The fourth-order valence-electron chi connectivity index (χ4n) is 2.42. The number of benzene rings is 1. The molecule has 2 heterocycles. The molecule has 0 spiro atoms. The molecule has 4 nitrogen and oxygen atoms in total. The van der Waals surface area contributed by atoms with Crippen molar-refractivity contribution in [2.24, 2.45) is 0 Å². The fraction of sp³-hybridized carbons (Fsp3) is 0.417. The molecule has 1 saturated heterocycles. The van der Waals surface area contributed by atoms with Crippen molar-refractivity contribution < 1.29 is 0 Å². The van der Waals surface area contributed by atoms with Gasteiger partial charge >= 0.3 is 0 Å². The van der Waals surface area contributed by atoms with Crippen LogP contribution < -0.4 is 11.1 Å². The van der Waals surface area contributed by atoms with Gasteiger partial charge in [0.25, 0.3) is 0 Å². The molecule has 0 saturated carbocycles. The number of fused-ring (bicyclic) bond motifs is 1. The van der Waals surface area contributed by atoms with E-state index in [0.717, 1.165) is 24.1 Å². The Morgan fingerprint density at radius 3 is 3.12 bits per heavy atom. The van der Waals surface area contributed by atoms with Gasteiger partial charge in [0.05, 0.1) is 11.0 Å². The zero-order valence-corrected chi connectivity index (χ0v) is 9.19. The lowest BCUT2D eigenvalue weighted by atomic mass is 10.2. The smallest absolute Gasteiger partial charge is 0.201 e. The summed E-state index contributed by atoms with van der Waals surface area (Å²) in [6.45, 7) is 2.05. The van der Waals surface area contributed by atoms with Crippen molar-refractivity contribution in [3.05, 3.63) is 24.3 Å². The van der Waals surface area contributed by atoms with Crippen molar-refractivity contribution >= 4 is 17.0 Å². The number of nitrogens with one attached hydrogen (secondary N) is 1. The first kappa shape index (κ1) is 9.66. The molecule has 1 atom stereocenters. The van der Waals surface area contributed by atoms with E-state index < -0.39 is 0 Å². The SMILES string of the molecule is Nc1nc2ccccc2n1CC1CCCN1. The van der Waals surface area contributed by atoms with Gasteiger partial charge in [0.15, 0.2) is 0 Å². The summed E-state index contributed by atoms with van der Waals surface area (Å²) < 4.78 is 2.11. The fourth-order valence-corrected chi connectivity index (χ4v) is 2.42. The number of aromatic nitrogens is 2. The maximum atomic E-state index is 5.96. The monoisotopic (exact) mass is 216 g/mol. The van der Waals surface area contributed by atoms with Crippen LogP contribution in [0.1, 0.15) is 12.8 Å². The van der Waals surface area contributed by atoms with E-state index in [9.17, 15) is 0 Å². The number of nitrogens with two attached hydrogens (primary N) is 1. The Kier molecular flexibility index (Phi) is 2.29. The number of imidazole rings is 1. The summed E-state index contributed by atoms with van der Waals surface area (Å²) in [6.07, 6.45) is 2.49. The third-order valence-electron chi connectivity index (χ3n) is 3.25. The summed E-state index contributed by atoms with van der Waals surface area (Å²) in [4.78, 5) is 4.37. The second-order valence-electron chi connectivity index (χ2n) is 4.36. The Morgan fingerprint density at radius 2 is 2.31 bits per heavy atom. The minimum atomic E-state index is 0.542. The standard InChI is InChI=1S/C12H16N4/c13-12-15-10-5-1-2-6-11(10)16(12)8-9-4-3-7-14-9/h1-2,5-6,9,14H,3-4,7-8H2,(H2,13,15). The number of rotatable bonds is 2. The lowest BCUT2D eigenvalue weighted by Gasteiger charge is -2.12. The predicted molar refractivity (Wildman–Crippen MR) is 65.2 cm³/mol. The van der Waals surface area contributed by atoms with Crippen LogP contribution in [0.2, 0.25) is 0 Å². The number of anilines is 1. The average Bonchev–Trinajstić information content (AvgIpc) is 2.89. The van der Waals surface area contributed by atoms with Crippen LogP contribution in [-0.4, -0.2) is 22.1 Å². The summed E-state index contributed by atoms with van der Waals surface area (Å²) in [5.74, 6) is 0.620. The molecule has 3 rings (SSSR count). The van der Waals surface area contributed by atoms with Crippen LogP contribution in [-0.2, 0) is 6.54 Å². The third kappa shape index (κ3) is 1.55. The number of para-hydroxylation sites is 2. The van der Waals surface area contributed by atoms with Crippen molar-refractivity contribution in [1.82, 2.24) is 14.9 Å². The van der Waals surface area contributed by atoms with E-state index >= 15 is 0 Å². The van der Waals surface area contributed by atoms with E-state index in [-0.39, 0.29) is 0 Å². The van der Waals surface area contributed by atoms with Crippen molar-refractivity contribution in [2.45, 2.75) is 25.4 Å². The number of nitrogen functional groups attached to an aromatic ring is 1. The van der Waals surface area contributed by atoms with Gasteiger partial charge in [-0.15, -0.1) is 0 Å². The normalized spacial score (nSPS) is 20.6. The Morgan fingerprint density at radius 1 is 1.44 bits per heavy atom. The van der Waals surface area contributed by atoms with Gasteiger partial charge in [0.1, 0.15) is 0 Å². The van der Waals surface area contributed by atoms with Crippen LogP contribution in [0.4, 0.5) is 5.95 Å². The molecule has 4 heteroatoms. The van der Waals surface area contributed by atoms with Gasteiger partial charge in [0, 0.05) is 12.6 Å². The lowest BCUT2D eigenvalue weighted by molar-refractivity contribution is 0.521. The molecule has 2 aromatic rings. The molecule has 3 N–H and O–H groups in total. The molecule has 1 aromatic carbocycles. The topological polar surface area (TPSA) is 55.9 Å². The minimum Gasteiger partial charge on any atom is -0.369 e. The Bertz CT molecular complexity index is 497. The van der Waals surface area contributed by atoms with Crippen molar-refractivity contribution in [2.75, 3.05) is 12.3 Å². The molecule has 0 amide bonds. The molecule has 1 unspecified atom stereocenters. The summed E-state index contributed by atoms with van der Waals surface area (Å²) in [6, 6.07) is 8.65.